The van der Waals surface area contributed by atoms with E-state index in [0.29, 0.717) is 42.9 Å². The molecule has 3 heterocycles. The molecule has 0 spiro atoms. The second kappa shape index (κ2) is 7.12. The zero-order valence-electron chi connectivity index (χ0n) is 15.0. The van der Waals surface area contributed by atoms with Gasteiger partial charge in [-0.25, -0.2) is 4.98 Å². The summed E-state index contributed by atoms with van der Waals surface area (Å²) in [5, 5.41) is 8.85. The van der Waals surface area contributed by atoms with Crippen molar-refractivity contribution in [3.63, 3.8) is 0 Å². The van der Waals surface area contributed by atoms with Crippen molar-refractivity contribution in [1.29, 1.82) is 5.26 Å². The zero-order valence-corrected chi connectivity index (χ0v) is 15.0. The molecule has 3 amide bonds. The third kappa shape index (κ3) is 3.07. The molecule has 0 radical (unpaired) electrons. The number of imide groups is 1. The number of hydrogen-bond acceptors (Lipinski definition) is 6. The lowest BCUT2D eigenvalue weighted by Crippen LogP contribution is -2.52. The highest BCUT2D eigenvalue weighted by Gasteiger charge is 2.37. The largest absolute Gasteiger partial charge is 0.353 e. The Bertz CT molecular complexity index is 953. The van der Waals surface area contributed by atoms with Gasteiger partial charge >= 0.3 is 0 Å². The number of nitrogens with zero attached hydrogens (tertiary/aromatic N) is 5. The third-order valence-corrected chi connectivity index (χ3v) is 5.00. The monoisotopic (exact) mass is 375 g/mol. The summed E-state index contributed by atoms with van der Waals surface area (Å²) in [5.74, 6) is -0.336. The molecule has 8 nitrogen and oxygen atoms in total. The quantitative estimate of drug-likeness (QED) is 0.740. The number of nitriles is 1. The average molecular weight is 375 g/mol. The zero-order chi connectivity index (χ0) is 19.7. The smallest absolute Gasteiger partial charge is 0.262 e. The highest BCUT2D eigenvalue weighted by Crippen LogP contribution is 2.22. The molecule has 140 valence electrons. The Morgan fingerprint density at radius 1 is 1.00 bits per heavy atom. The van der Waals surface area contributed by atoms with E-state index in [0.717, 1.165) is 10.7 Å². The molecule has 8 heteroatoms. The van der Waals surface area contributed by atoms with Gasteiger partial charge < -0.3 is 9.80 Å². The summed E-state index contributed by atoms with van der Waals surface area (Å²) in [4.78, 5) is 46.4. The maximum atomic E-state index is 12.6. The Labute approximate surface area is 161 Å². The summed E-state index contributed by atoms with van der Waals surface area (Å²) in [7, 11) is 0. The normalized spacial score (nSPS) is 16.2. The first kappa shape index (κ1) is 17.7. The predicted octanol–water partition coefficient (Wildman–Crippen LogP) is 0.898. The van der Waals surface area contributed by atoms with E-state index in [1.165, 1.54) is 6.20 Å². The van der Waals surface area contributed by atoms with Gasteiger partial charge in [0.05, 0.1) is 16.7 Å². The summed E-state index contributed by atoms with van der Waals surface area (Å²) >= 11 is 0. The number of carbonyl (C=O) groups excluding carboxylic acids is 3. The Kier molecular flexibility index (Phi) is 4.49. The number of aromatic nitrogens is 1. The molecule has 0 atom stereocenters. The van der Waals surface area contributed by atoms with Crippen LogP contribution >= 0.6 is 0 Å². The highest BCUT2D eigenvalue weighted by molar-refractivity contribution is 6.22. The number of carbonyl (C=O) groups is 3. The molecule has 1 aromatic heterocycles. The number of fused-ring (bicyclic) bond motifs is 1. The van der Waals surface area contributed by atoms with E-state index in [4.69, 9.17) is 5.26 Å². The van der Waals surface area contributed by atoms with Gasteiger partial charge in [-0.05, 0) is 24.3 Å². The van der Waals surface area contributed by atoms with Crippen molar-refractivity contribution in [3.05, 3.63) is 59.3 Å². The van der Waals surface area contributed by atoms with E-state index in [1.54, 1.807) is 41.3 Å². The van der Waals surface area contributed by atoms with Gasteiger partial charge in [-0.1, -0.05) is 12.1 Å². The van der Waals surface area contributed by atoms with E-state index < -0.39 is 11.8 Å². The molecule has 1 aromatic carbocycles. The van der Waals surface area contributed by atoms with Crippen LogP contribution in [-0.2, 0) is 4.79 Å². The van der Waals surface area contributed by atoms with Gasteiger partial charge in [-0.3, -0.25) is 19.3 Å². The Morgan fingerprint density at radius 3 is 2.18 bits per heavy atom. The molecule has 1 saturated heterocycles. The first-order valence-electron chi connectivity index (χ1n) is 8.92. The van der Waals surface area contributed by atoms with Gasteiger partial charge in [0.25, 0.3) is 11.8 Å². The maximum Gasteiger partial charge on any atom is 0.262 e. The molecule has 28 heavy (non-hydrogen) atoms. The number of benzene rings is 1. The lowest BCUT2D eigenvalue weighted by atomic mass is 10.1. The summed E-state index contributed by atoms with van der Waals surface area (Å²) < 4.78 is 0. The van der Waals surface area contributed by atoms with Gasteiger partial charge in [0, 0.05) is 32.4 Å². The highest BCUT2D eigenvalue weighted by atomic mass is 16.2. The van der Waals surface area contributed by atoms with Crippen molar-refractivity contribution < 1.29 is 14.4 Å². The standard InChI is InChI=1S/C20H17N5O3/c21-11-14-5-6-17(22-12-14)23-7-9-24(10-8-23)18(26)13-25-19(27)15-3-1-2-4-16(15)20(25)28/h1-6,12H,7-10,13H2. The molecule has 0 aliphatic carbocycles. The SMILES string of the molecule is N#Cc1ccc(N2CCN(C(=O)CN3C(=O)c4ccccc4C3=O)CC2)nc1. The first-order valence-corrected chi connectivity index (χ1v) is 8.92. The van der Waals surface area contributed by atoms with E-state index in [1.807, 2.05) is 11.0 Å². The van der Waals surface area contributed by atoms with Gasteiger partial charge in [0.1, 0.15) is 18.4 Å². The van der Waals surface area contributed by atoms with Crippen LogP contribution in [0.5, 0.6) is 0 Å². The number of piperazine rings is 1. The maximum absolute atomic E-state index is 12.6. The molecule has 2 aromatic rings. The fraction of sp³-hybridized carbons (Fsp3) is 0.250. The second-order valence-electron chi connectivity index (χ2n) is 6.63. The Hall–Kier alpha value is -3.73. The van der Waals surface area contributed by atoms with Crippen LogP contribution in [0.1, 0.15) is 26.3 Å². The van der Waals surface area contributed by atoms with E-state index in [-0.39, 0.29) is 12.5 Å². The van der Waals surface area contributed by atoms with Crippen LogP contribution in [0, 0.1) is 11.3 Å². The van der Waals surface area contributed by atoms with E-state index >= 15 is 0 Å². The van der Waals surface area contributed by atoms with E-state index in [9.17, 15) is 14.4 Å². The van der Waals surface area contributed by atoms with Crippen molar-refractivity contribution in [2.75, 3.05) is 37.6 Å². The number of pyridine rings is 1. The van der Waals surface area contributed by atoms with Crippen molar-refractivity contribution in [3.8, 4) is 6.07 Å². The summed E-state index contributed by atoms with van der Waals surface area (Å²) in [5.41, 5.74) is 1.19. The summed E-state index contributed by atoms with van der Waals surface area (Å²) in [6, 6.07) is 12.1. The third-order valence-electron chi connectivity index (χ3n) is 5.00. The summed E-state index contributed by atoms with van der Waals surface area (Å²) in [6.45, 7) is 1.88. The fourth-order valence-electron chi connectivity index (χ4n) is 3.44. The van der Waals surface area contributed by atoms with Crippen LogP contribution in [0.15, 0.2) is 42.6 Å². The van der Waals surface area contributed by atoms with E-state index in [2.05, 4.69) is 4.98 Å². The number of rotatable bonds is 3. The van der Waals surface area contributed by atoms with Crippen LogP contribution in [0.3, 0.4) is 0 Å². The van der Waals surface area contributed by atoms with Crippen LogP contribution in [0.2, 0.25) is 0 Å². The van der Waals surface area contributed by atoms with Crippen molar-refractivity contribution >= 4 is 23.5 Å². The average Bonchev–Trinajstić information content (AvgIpc) is 2.99. The topological polar surface area (TPSA) is 97.6 Å². The molecule has 2 aliphatic rings. The van der Waals surface area contributed by atoms with Crippen molar-refractivity contribution in [2.45, 2.75) is 0 Å². The fourth-order valence-corrected chi connectivity index (χ4v) is 3.44. The van der Waals surface area contributed by atoms with Crippen LogP contribution in [-0.4, -0.2) is 65.2 Å². The molecular weight excluding hydrogens is 358 g/mol. The number of hydrogen-bond donors (Lipinski definition) is 0. The van der Waals surface area contributed by atoms with Crippen molar-refractivity contribution in [2.24, 2.45) is 0 Å². The Balaban J connectivity index is 1.36. The van der Waals surface area contributed by atoms with Crippen molar-refractivity contribution in [1.82, 2.24) is 14.8 Å². The molecule has 0 unspecified atom stereocenters. The number of amides is 3. The molecule has 0 N–H and O–H groups in total. The van der Waals surface area contributed by atoms with Crippen LogP contribution in [0.4, 0.5) is 5.82 Å². The molecule has 1 fully saturated rings. The minimum Gasteiger partial charge on any atom is -0.353 e. The second-order valence-corrected chi connectivity index (χ2v) is 6.63. The summed E-state index contributed by atoms with van der Waals surface area (Å²) in [6.07, 6.45) is 1.52. The molecule has 2 aliphatic heterocycles. The predicted molar refractivity (Wildman–Crippen MR) is 99.6 cm³/mol. The molecule has 4 rings (SSSR count). The molecule has 0 bridgehead atoms. The minimum atomic E-state index is -0.422. The lowest BCUT2D eigenvalue weighted by molar-refractivity contribution is -0.131. The molecule has 0 saturated carbocycles. The lowest BCUT2D eigenvalue weighted by Gasteiger charge is -2.35. The minimum absolute atomic E-state index is 0.248. The molecular formula is C20H17N5O3. The Morgan fingerprint density at radius 2 is 1.64 bits per heavy atom. The first-order chi connectivity index (χ1) is 13.6. The van der Waals surface area contributed by atoms with Gasteiger partial charge in [-0.2, -0.15) is 5.26 Å². The van der Waals surface area contributed by atoms with Gasteiger partial charge in [-0.15, -0.1) is 0 Å². The van der Waals surface area contributed by atoms with Gasteiger partial charge in [0.15, 0.2) is 0 Å². The van der Waals surface area contributed by atoms with Gasteiger partial charge in [0.2, 0.25) is 5.91 Å². The van der Waals surface area contributed by atoms with Crippen LogP contribution < -0.4 is 4.90 Å². The van der Waals surface area contributed by atoms with Crippen LogP contribution in [0.25, 0.3) is 0 Å². The number of anilines is 1.